The molecule has 0 aliphatic rings. The van der Waals surface area contributed by atoms with Gasteiger partial charge in [-0.3, -0.25) is 9.36 Å². The van der Waals surface area contributed by atoms with Crippen LogP contribution in [0.15, 0.2) is 48.9 Å². The summed E-state index contributed by atoms with van der Waals surface area (Å²) in [6.07, 6.45) is 5.35. The molecule has 0 fully saturated rings. The predicted octanol–water partition coefficient (Wildman–Crippen LogP) is 2.63. The molecule has 0 radical (unpaired) electrons. The van der Waals surface area contributed by atoms with Crippen LogP contribution in [-0.2, 0) is 20.1 Å². The first-order valence-electron chi connectivity index (χ1n) is 7.77. The lowest BCUT2D eigenvalue weighted by molar-refractivity contribution is 0.482. The number of hydrogen-bond acceptors (Lipinski definition) is 3. The summed E-state index contributed by atoms with van der Waals surface area (Å²) in [5.74, 6) is -0.242. The van der Waals surface area contributed by atoms with E-state index in [9.17, 15) is 4.39 Å². The zero-order valence-corrected chi connectivity index (χ0v) is 14.9. The first-order valence-corrected chi connectivity index (χ1v) is 8.18. The van der Waals surface area contributed by atoms with Crippen molar-refractivity contribution in [1.82, 2.24) is 24.5 Å². The van der Waals surface area contributed by atoms with Crippen molar-refractivity contribution in [3.05, 3.63) is 66.0 Å². The number of thiocarbonyl (C=S) groups is 1. The topological polar surface area (TPSA) is 50.9 Å². The van der Waals surface area contributed by atoms with Crippen LogP contribution >= 0.6 is 12.2 Å². The highest BCUT2D eigenvalue weighted by Gasteiger charge is 2.09. The largest absolute Gasteiger partial charge is 0.346 e. The van der Waals surface area contributed by atoms with Gasteiger partial charge in [0.2, 0.25) is 0 Å². The third-order valence-electron chi connectivity index (χ3n) is 3.81. The molecule has 6 nitrogen and oxygen atoms in total. The average Bonchev–Trinajstić information content (AvgIpc) is 3.19. The van der Waals surface area contributed by atoms with E-state index in [4.69, 9.17) is 12.2 Å². The van der Waals surface area contributed by atoms with Crippen LogP contribution in [0.4, 0.5) is 10.1 Å². The van der Waals surface area contributed by atoms with E-state index in [0.717, 1.165) is 16.9 Å². The Morgan fingerprint density at radius 1 is 1.24 bits per heavy atom. The molecule has 0 saturated heterocycles. The average molecular weight is 358 g/mol. The Balaban J connectivity index is 1.57. The van der Waals surface area contributed by atoms with E-state index in [0.29, 0.717) is 18.2 Å². The van der Waals surface area contributed by atoms with Gasteiger partial charge >= 0.3 is 0 Å². The summed E-state index contributed by atoms with van der Waals surface area (Å²) < 4.78 is 16.5. The minimum Gasteiger partial charge on any atom is -0.346 e. The van der Waals surface area contributed by atoms with E-state index in [1.807, 2.05) is 35.9 Å². The van der Waals surface area contributed by atoms with Gasteiger partial charge in [-0.05, 0) is 36.0 Å². The predicted molar refractivity (Wildman–Crippen MR) is 98.6 cm³/mol. The van der Waals surface area contributed by atoms with Crippen molar-refractivity contribution < 1.29 is 4.39 Å². The summed E-state index contributed by atoms with van der Waals surface area (Å²) in [5.41, 5.74) is 2.86. The van der Waals surface area contributed by atoms with E-state index < -0.39 is 0 Å². The number of rotatable bonds is 5. The SMILES string of the molecule is CN(Cc1ccnn1C)C(=S)Nc1cnn(Cc2ccc(F)cc2)c1. The van der Waals surface area contributed by atoms with Gasteiger partial charge in [-0.1, -0.05) is 12.1 Å². The molecule has 0 unspecified atom stereocenters. The summed E-state index contributed by atoms with van der Waals surface area (Å²) in [4.78, 5) is 1.93. The highest BCUT2D eigenvalue weighted by Crippen LogP contribution is 2.10. The van der Waals surface area contributed by atoms with E-state index >= 15 is 0 Å². The molecule has 0 amide bonds. The van der Waals surface area contributed by atoms with Crippen molar-refractivity contribution in [2.75, 3.05) is 12.4 Å². The molecular weight excluding hydrogens is 339 g/mol. The van der Waals surface area contributed by atoms with E-state index in [1.165, 1.54) is 12.1 Å². The van der Waals surface area contributed by atoms with Crippen LogP contribution in [0.25, 0.3) is 0 Å². The van der Waals surface area contributed by atoms with Crippen molar-refractivity contribution in [2.45, 2.75) is 13.1 Å². The van der Waals surface area contributed by atoms with Gasteiger partial charge in [0.05, 0.1) is 30.7 Å². The van der Waals surface area contributed by atoms with Gasteiger partial charge in [0.25, 0.3) is 0 Å². The molecule has 2 aromatic heterocycles. The Labute approximate surface area is 150 Å². The third-order valence-corrected chi connectivity index (χ3v) is 4.22. The molecular formula is C17H19FN6S. The smallest absolute Gasteiger partial charge is 0.173 e. The first-order chi connectivity index (χ1) is 12.0. The number of anilines is 1. The summed E-state index contributed by atoms with van der Waals surface area (Å²) in [6.45, 7) is 1.23. The van der Waals surface area contributed by atoms with Crippen LogP contribution in [0, 0.1) is 5.82 Å². The number of halogens is 1. The molecule has 1 aromatic carbocycles. The van der Waals surface area contributed by atoms with Crippen LogP contribution in [0.5, 0.6) is 0 Å². The van der Waals surface area contributed by atoms with Crippen molar-refractivity contribution in [2.24, 2.45) is 7.05 Å². The first kappa shape index (κ1) is 17.1. The van der Waals surface area contributed by atoms with Crippen LogP contribution in [0.1, 0.15) is 11.3 Å². The lowest BCUT2D eigenvalue weighted by Crippen LogP contribution is -2.31. The summed E-state index contributed by atoms with van der Waals surface area (Å²) >= 11 is 5.43. The van der Waals surface area contributed by atoms with Crippen LogP contribution in [0.3, 0.4) is 0 Å². The lowest BCUT2D eigenvalue weighted by Gasteiger charge is -2.20. The van der Waals surface area contributed by atoms with Gasteiger partial charge < -0.3 is 10.2 Å². The third kappa shape index (κ3) is 4.42. The number of aryl methyl sites for hydroxylation is 1. The highest BCUT2D eigenvalue weighted by atomic mass is 32.1. The molecule has 25 heavy (non-hydrogen) atoms. The lowest BCUT2D eigenvalue weighted by atomic mass is 10.2. The molecule has 0 aliphatic heterocycles. The minimum absolute atomic E-state index is 0.242. The Bertz CT molecular complexity index is 854. The second-order valence-corrected chi connectivity index (χ2v) is 6.17. The van der Waals surface area contributed by atoms with Gasteiger partial charge in [-0.25, -0.2) is 4.39 Å². The highest BCUT2D eigenvalue weighted by molar-refractivity contribution is 7.80. The molecule has 2 heterocycles. The van der Waals surface area contributed by atoms with Crippen molar-refractivity contribution in [3.63, 3.8) is 0 Å². The second kappa shape index (κ2) is 7.43. The molecule has 0 saturated carbocycles. The van der Waals surface area contributed by atoms with Gasteiger partial charge in [-0.2, -0.15) is 10.2 Å². The molecule has 0 spiro atoms. The van der Waals surface area contributed by atoms with E-state index in [2.05, 4.69) is 15.5 Å². The molecule has 3 aromatic rings. The Morgan fingerprint density at radius 3 is 2.68 bits per heavy atom. The molecule has 8 heteroatoms. The van der Waals surface area contributed by atoms with Gasteiger partial charge in [0.15, 0.2) is 5.11 Å². The van der Waals surface area contributed by atoms with Gasteiger partial charge in [0.1, 0.15) is 5.82 Å². The number of aromatic nitrogens is 4. The maximum Gasteiger partial charge on any atom is 0.173 e. The van der Waals surface area contributed by atoms with Crippen LogP contribution < -0.4 is 5.32 Å². The maximum absolute atomic E-state index is 13.0. The molecule has 130 valence electrons. The van der Waals surface area contributed by atoms with Gasteiger partial charge in [-0.15, -0.1) is 0 Å². The summed E-state index contributed by atoms with van der Waals surface area (Å²) in [7, 11) is 3.82. The minimum atomic E-state index is -0.242. The molecule has 0 atom stereocenters. The normalized spacial score (nSPS) is 10.7. The molecule has 0 aliphatic carbocycles. The number of nitrogens with one attached hydrogen (secondary N) is 1. The van der Waals surface area contributed by atoms with E-state index in [1.54, 1.807) is 29.2 Å². The summed E-state index contributed by atoms with van der Waals surface area (Å²) in [5, 5.41) is 12.2. The van der Waals surface area contributed by atoms with Crippen molar-refractivity contribution >= 4 is 23.0 Å². The van der Waals surface area contributed by atoms with E-state index in [-0.39, 0.29) is 5.82 Å². The fourth-order valence-corrected chi connectivity index (χ4v) is 2.56. The quantitative estimate of drug-likeness (QED) is 0.711. The van der Waals surface area contributed by atoms with Crippen molar-refractivity contribution in [3.8, 4) is 0 Å². The second-order valence-electron chi connectivity index (χ2n) is 5.79. The zero-order chi connectivity index (χ0) is 17.8. The Hall–Kier alpha value is -2.74. The number of hydrogen-bond donors (Lipinski definition) is 1. The molecule has 0 bridgehead atoms. The monoisotopic (exact) mass is 358 g/mol. The Morgan fingerprint density at radius 2 is 2.00 bits per heavy atom. The Kier molecular flexibility index (Phi) is 5.08. The molecule has 3 rings (SSSR count). The van der Waals surface area contributed by atoms with Crippen LogP contribution in [0.2, 0.25) is 0 Å². The summed E-state index contributed by atoms with van der Waals surface area (Å²) in [6, 6.07) is 8.34. The fraction of sp³-hybridized carbons (Fsp3) is 0.235. The number of benzene rings is 1. The van der Waals surface area contributed by atoms with Crippen molar-refractivity contribution in [1.29, 1.82) is 0 Å². The van der Waals surface area contributed by atoms with Gasteiger partial charge in [0, 0.05) is 26.5 Å². The fourth-order valence-electron chi connectivity index (χ4n) is 2.38. The maximum atomic E-state index is 13.0. The number of nitrogens with zero attached hydrogens (tertiary/aromatic N) is 5. The zero-order valence-electron chi connectivity index (χ0n) is 14.1. The van der Waals surface area contributed by atoms with Crippen LogP contribution in [-0.4, -0.2) is 36.6 Å². The standard InChI is InChI=1S/C17H19FN6S/c1-22(12-16-7-8-19-23(16)2)17(25)21-15-9-20-24(11-15)10-13-3-5-14(18)6-4-13/h3-9,11H,10,12H2,1-2H3,(H,21,25). The molecule has 1 N–H and O–H groups in total.